The second-order valence-electron chi connectivity index (χ2n) is 5.41. The van der Waals surface area contributed by atoms with Crippen molar-refractivity contribution < 1.29 is 0 Å². The molecule has 2 rings (SSSR count). The van der Waals surface area contributed by atoms with Crippen LogP contribution in [-0.4, -0.2) is 9.55 Å². The van der Waals surface area contributed by atoms with Crippen molar-refractivity contribution in [1.29, 1.82) is 0 Å². The zero-order valence-corrected chi connectivity index (χ0v) is 12.3. The summed E-state index contributed by atoms with van der Waals surface area (Å²) in [5, 5.41) is 3.14. The Morgan fingerprint density at radius 2 is 2.05 bits per heavy atom. The maximum atomic E-state index is 12.2. The van der Waals surface area contributed by atoms with Gasteiger partial charge in [0.25, 0.3) is 5.56 Å². The largest absolute Gasteiger partial charge is 0.361 e. The molecule has 4 heteroatoms. The van der Waals surface area contributed by atoms with Crippen LogP contribution in [0.5, 0.6) is 0 Å². The third-order valence-corrected chi connectivity index (χ3v) is 3.18. The quantitative estimate of drug-likeness (QED) is 0.909. The first kappa shape index (κ1) is 14.3. The molecule has 4 nitrogen and oxygen atoms in total. The summed E-state index contributed by atoms with van der Waals surface area (Å²) in [6, 6.07) is 8.12. The molecule has 106 valence electrons. The molecule has 0 aliphatic carbocycles. The van der Waals surface area contributed by atoms with E-state index in [1.807, 2.05) is 12.1 Å². The fourth-order valence-electron chi connectivity index (χ4n) is 2.09. The second kappa shape index (κ2) is 6.37. The maximum absolute atomic E-state index is 12.2. The highest BCUT2D eigenvalue weighted by Gasteiger charge is 2.06. The lowest BCUT2D eigenvalue weighted by Crippen LogP contribution is -2.25. The molecule has 1 N–H and O–H groups in total. The van der Waals surface area contributed by atoms with Crippen molar-refractivity contribution >= 4 is 5.82 Å². The van der Waals surface area contributed by atoms with E-state index in [-0.39, 0.29) is 5.56 Å². The molecule has 0 saturated carbocycles. The molecule has 0 amide bonds. The standard InChI is InChI=1S/C16H21N3O/c1-12(2)11-19-9-8-17-15(16(19)20)18-10-14-7-5-4-6-13(14)3/h4-9,12H,10-11H2,1-3H3,(H,17,18). The average Bonchev–Trinajstić information content (AvgIpc) is 2.41. The summed E-state index contributed by atoms with van der Waals surface area (Å²) < 4.78 is 1.71. The zero-order valence-electron chi connectivity index (χ0n) is 12.3. The maximum Gasteiger partial charge on any atom is 0.293 e. The molecule has 2 aromatic rings. The molecule has 0 unspecified atom stereocenters. The van der Waals surface area contributed by atoms with Crippen molar-refractivity contribution in [2.75, 3.05) is 5.32 Å². The van der Waals surface area contributed by atoms with Gasteiger partial charge in [0.05, 0.1) is 0 Å². The Labute approximate surface area is 119 Å². The number of aromatic nitrogens is 2. The van der Waals surface area contributed by atoms with Gasteiger partial charge < -0.3 is 9.88 Å². The van der Waals surface area contributed by atoms with Crippen molar-refractivity contribution in [2.24, 2.45) is 5.92 Å². The van der Waals surface area contributed by atoms with E-state index in [0.29, 0.717) is 24.8 Å². The molecule has 0 radical (unpaired) electrons. The SMILES string of the molecule is Cc1ccccc1CNc1nccn(CC(C)C)c1=O. The zero-order chi connectivity index (χ0) is 14.5. The van der Waals surface area contributed by atoms with Crippen LogP contribution in [0.15, 0.2) is 41.5 Å². The van der Waals surface area contributed by atoms with Gasteiger partial charge in [0.15, 0.2) is 5.82 Å². The lowest BCUT2D eigenvalue weighted by Gasteiger charge is -2.11. The van der Waals surface area contributed by atoms with Crippen LogP contribution in [0.4, 0.5) is 5.82 Å². The van der Waals surface area contributed by atoms with E-state index < -0.39 is 0 Å². The number of hydrogen-bond donors (Lipinski definition) is 1. The lowest BCUT2D eigenvalue weighted by atomic mass is 10.1. The highest BCUT2D eigenvalue weighted by molar-refractivity contribution is 5.35. The third-order valence-electron chi connectivity index (χ3n) is 3.18. The van der Waals surface area contributed by atoms with E-state index >= 15 is 0 Å². The van der Waals surface area contributed by atoms with Crippen molar-refractivity contribution in [3.05, 3.63) is 58.1 Å². The number of hydrogen-bond acceptors (Lipinski definition) is 3. The van der Waals surface area contributed by atoms with Gasteiger partial charge in [0.2, 0.25) is 0 Å². The first-order chi connectivity index (χ1) is 9.58. The van der Waals surface area contributed by atoms with Crippen LogP contribution in [-0.2, 0) is 13.1 Å². The lowest BCUT2D eigenvalue weighted by molar-refractivity contribution is 0.509. The highest BCUT2D eigenvalue weighted by Crippen LogP contribution is 2.08. The van der Waals surface area contributed by atoms with Crippen molar-refractivity contribution in [3.8, 4) is 0 Å². The summed E-state index contributed by atoms with van der Waals surface area (Å²) in [5.74, 6) is 0.843. The molecule has 0 aliphatic heterocycles. The van der Waals surface area contributed by atoms with Gasteiger partial charge in [-0.25, -0.2) is 4.98 Å². The highest BCUT2D eigenvalue weighted by atomic mass is 16.1. The summed E-state index contributed by atoms with van der Waals surface area (Å²) in [4.78, 5) is 16.4. The average molecular weight is 271 g/mol. The normalized spacial score (nSPS) is 10.8. The van der Waals surface area contributed by atoms with Crippen molar-refractivity contribution in [1.82, 2.24) is 9.55 Å². The Bertz CT molecular complexity index is 632. The smallest absolute Gasteiger partial charge is 0.293 e. The number of benzene rings is 1. The Morgan fingerprint density at radius 1 is 1.30 bits per heavy atom. The van der Waals surface area contributed by atoms with Gasteiger partial charge in [-0.2, -0.15) is 0 Å². The molecule has 0 fully saturated rings. The fraction of sp³-hybridized carbons (Fsp3) is 0.375. The number of nitrogens with zero attached hydrogens (tertiary/aromatic N) is 2. The van der Waals surface area contributed by atoms with E-state index in [2.05, 4.69) is 43.2 Å². The minimum Gasteiger partial charge on any atom is -0.361 e. The molecule has 20 heavy (non-hydrogen) atoms. The van der Waals surface area contributed by atoms with Crippen LogP contribution in [0.25, 0.3) is 0 Å². The Hall–Kier alpha value is -2.10. The summed E-state index contributed by atoms with van der Waals surface area (Å²) in [5.41, 5.74) is 2.32. The van der Waals surface area contributed by atoms with E-state index in [0.717, 1.165) is 0 Å². The number of aryl methyl sites for hydroxylation is 1. The topological polar surface area (TPSA) is 46.9 Å². The van der Waals surface area contributed by atoms with E-state index in [1.54, 1.807) is 17.0 Å². The summed E-state index contributed by atoms with van der Waals surface area (Å²) in [6.45, 7) is 7.56. The van der Waals surface area contributed by atoms with Gasteiger partial charge in [-0.3, -0.25) is 4.79 Å². The van der Waals surface area contributed by atoms with Crippen LogP contribution in [0.1, 0.15) is 25.0 Å². The number of anilines is 1. The van der Waals surface area contributed by atoms with Crippen LogP contribution in [0, 0.1) is 12.8 Å². The van der Waals surface area contributed by atoms with Gasteiger partial charge in [-0.05, 0) is 24.0 Å². The van der Waals surface area contributed by atoms with Gasteiger partial charge >= 0.3 is 0 Å². The number of nitrogens with one attached hydrogen (secondary N) is 1. The second-order valence-corrected chi connectivity index (χ2v) is 5.41. The fourth-order valence-corrected chi connectivity index (χ4v) is 2.09. The van der Waals surface area contributed by atoms with Gasteiger partial charge in [-0.1, -0.05) is 38.1 Å². The van der Waals surface area contributed by atoms with Crippen LogP contribution >= 0.6 is 0 Å². The van der Waals surface area contributed by atoms with Gasteiger partial charge in [-0.15, -0.1) is 0 Å². The van der Waals surface area contributed by atoms with Crippen molar-refractivity contribution in [3.63, 3.8) is 0 Å². The van der Waals surface area contributed by atoms with Crippen LogP contribution in [0.3, 0.4) is 0 Å². The summed E-state index contributed by atoms with van der Waals surface area (Å²) in [7, 11) is 0. The van der Waals surface area contributed by atoms with Crippen LogP contribution < -0.4 is 10.9 Å². The first-order valence-corrected chi connectivity index (χ1v) is 6.91. The first-order valence-electron chi connectivity index (χ1n) is 6.91. The monoisotopic (exact) mass is 271 g/mol. The minimum absolute atomic E-state index is 0.0604. The summed E-state index contributed by atoms with van der Waals surface area (Å²) in [6.07, 6.45) is 3.41. The molecular formula is C16H21N3O. The predicted octanol–water partition coefficient (Wildman–Crippen LogP) is 2.82. The molecule has 0 spiro atoms. The Balaban J connectivity index is 2.14. The Morgan fingerprint density at radius 3 is 2.75 bits per heavy atom. The van der Waals surface area contributed by atoms with E-state index in [9.17, 15) is 4.79 Å². The molecule has 1 aromatic carbocycles. The molecule has 0 aliphatic rings. The predicted molar refractivity (Wildman–Crippen MR) is 81.8 cm³/mol. The minimum atomic E-state index is -0.0604. The third kappa shape index (κ3) is 3.47. The Kier molecular flexibility index (Phi) is 4.56. The van der Waals surface area contributed by atoms with Crippen molar-refractivity contribution in [2.45, 2.75) is 33.9 Å². The van der Waals surface area contributed by atoms with Gasteiger partial charge in [0.1, 0.15) is 0 Å². The van der Waals surface area contributed by atoms with Gasteiger partial charge in [0, 0.05) is 25.5 Å². The van der Waals surface area contributed by atoms with E-state index in [4.69, 9.17) is 0 Å². The molecule has 1 heterocycles. The van der Waals surface area contributed by atoms with Crippen LogP contribution in [0.2, 0.25) is 0 Å². The van der Waals surface area contributed by atoms with E-state index in [1.165, 1.54) is 11.1 Å². The molecule has 0 atom stereocenters. The molecular weight excluding hydrogens is 250 g/mol. The molecule has 1 aromatic heterocycles. The summed E-state index contributed by atoms with van der Waals surface area (Å²) >= 11 is 0. The number of rotatable bonds is 5. The molecule has 0 bridgehead atoms. The molecule has 0 saturated heterocycles.